The van der Waals surface area contributed by atoms with Crippen LogP contribution >= 0.6 is 24.0 Å². The predicted molar refractivity (Wildman–Crippen MR) is 140 cm³/mol. The zero-order valence-corrected chi connectivity index (χ0v) is 21.4. The second-order valence-electron chi connectivity index (χ2n) is 7.89. The van der Waals surface area contributed by atoms with Crippen LogP contribution in [0.1, 0.15) is 60.3 Å². The number of hydrogen-bond acceptors (Lipinski definition) is 4. The van der Waals surface area contributed by atoms with Gasteiger partial charge in [0.2, 0.25) is 0 Å². The molecule has 1 atom stereocenters. The number of nitrogens with zero attached hydrogens (tertiary/aromatic N) is 2. The fourth-order valence-corrected chi connectivity index (χ4v) is 3.80. The first-order valence-corrected chi connectivity index (χ1v) is 11.3. The minimum Gasteiger partial charge on any atom is -0.468 e. The summed E-state index contributed by atoms with van der Waals surface area (Å²) >= 11 is 0. The molecule has 1 aliphatic heterocycles. The van der Waals surface area contributed by atoms with Gasteiger partial charge in [0.15, 0.2) is 5.96 Å². The highest BCUT2D eigenvalue weighted by molar-refractivity contribution is 14.0. The summed E-state index contributed by atoms with van der Waals surface area (Å²) in [5.74, 6) is 1.71. The monoisotopic (exact) mass is 553 g/mol. The molecular weight excluding hydrogens is 517 g/mol. The Kier molecular flexibility index (Phi) is 11.6. The number of halogens is 1. The molecule has 1 fully saturated rings. The number of guanidine groups is 1. The summed E-state index contributed by atoms with van der Waals surface area (Å²) < 4.78 is 5.69. The van der Waals surface area contributed by atoms with Gasteiger partial charge in [-0.25, -0.2) is 0 Å². The Balaban J connectivity index is 0.00000363. The highest BCUT2D eigenvalue weighted by atomic mass is 127. The number of amides is 1. The van der Waals surface area contributed by atoms with Crippen molar-refractivity contribution in [1.82, 2.24) is 20.9 Å². The summed E-state index contributed by atoms with van der Waals surface area (Å²) in [5.41, 5.74) is 1.78. The first-order chi connectivity index (χ1) is 15.2. The Bertz CT molecular complexity index is 817. The normalized spacial score (nSPS) is 15.1. The SMILES string of the molecule is CCCCNC(=O)c1ccc(CNC(=NC)NCC(c2ccco2)N2CCCC2)cc1.I. The maximum absolute atomic E-state index is 12.1. The van der Waals surface area contributed by atoms with Gasteiger partial charge in [0.25, 0.3) is 5.91 Å². The number of rotatable bonds is 10. The van der Waals surface area contributed by atoms with Gasteiger partial charge >= 0.3 is 0 Å². The van der Waals surface area contributed by atoms with E-state index in [1.807, 2.05) is 36.4 Å². The third-order valence-corrected chi connectivity index (χ3v) is 5.63. The number of aliphatic imine (C=N–C) groups is 1. The maximum atomic E-state index is 12.1. The fourth-order valence-electron chi connectivity index (χ4n) is 3.80. The van der Waals surface area contributed by atoms with E-state index < -0.39 is 0 Å². The van der Waals surface area contributed by atoms with Crippen molar-refractivity contribution >= 4 is 35.8 Å². The average Bonchev–Trinajstić information content (AvgIpc) is 3.51. The Morgan fingerprint density at radius 2 is 1.88 bits per heavy atom. The molecule has 0 saturated carbocycles. The van der Waals surface area contributed by atoms with Crippen LogP contribution in [0.15, 0.2) is 52.1 Å². The molecule has 1 aliphatic rings. The van der Waals surface area contributed by atoms with Crippen LogP contribution in [0.4, 0.5) is 0 Å². The molecule has 0 bridgehead atoms. The second kappa shape index (κ2) is 14.2. The van der Waals surface area contributed by atoms with E-state index in [-0.39, 0.29) is 35.9 Å². The summed E-state index contributed by atoms with van der Waals surface area (Å²) in [5, 5.41) is 9.74. The van der Waals surface area contributed by atoms with Crippen LogP contribution in [-0.2, 0) is 6.54 Å². The van der Waals surface area contributed by atoms with Gasteiger partial charge in [0.05, 0.1) is 12.3 Å². The summed E-state index contributed by atoms with van der Waals surface area (Å²) in [6.45, 7) is 6.38. The molecule has 1 amide bonds. The van der Waals surface area contributed by atoms with Gasteiger partial charge in [0.1, 0.15) is 5.76 Å². The van der Waals surface area contributed by atoms with Gasteiger partial charge in [-0.1, -0.05) is 25.5 Å². The van der Waals surface area contributed by atoms with E-state index in [4.69, 9.17) is 4.42 Å². The molecule has 7 nitrogen and oxygen atoms in total. The number of hydrogen-bond donors (Lipinski definition) is 3. The molecule has 0 aliphatic carbocycles. The molecule has 176 valence electrons. The van der Waals surface area contributed by atoms with E-state index in [9.17, 15) is 4.79 Å². The number of nitrogens with one attached hydrogen (secondary N) is 3. The molecule has 1 unspecified atom stereocenters. The minimum atomic E-state index is -0.0173. The zero-order chi connectivity index (χ0) is 21.9. The van der Waals surface area contributed by atoms with Crippen LogP contribution in [0, 0.1) is 0 Å². The lowest BCUT2D eigenvalue weighted by Gasteiger charge is -2.26. The summed E-state index contributed by atoms with van der Waals surface area (Å²) in [7, 11) is 1.77. The molecule has 32 heavy (non-hydrogen) atoms. The van der Waals surface area contributed by atoms with E-state index in [0.29, 0.717) is 12.1 Å². The minimum absolute atomic E-state index is 0. The van der Waals surface area contributed by atoms with Crippen molar-refractivity contribution in [3.63, 3.8) is 0 Å². The quantitative estimate of drug-likeness (QED) is 0.180. The first-order valence-electron chi connectivity index (χ1n) is 11.3. The third kappa shape index (κ3) is 7.81. The Labute approximate surface area is 208 Å². The fraction of sp³-hybridized carbons (Fsp3) is 0.500. The molecule has 1 saturated heterocycles. The predicted octanol–water partition coefficient (Wildman–Crippen LogP) is 3.93. The van der Waals surface area contributed by atoms with Crippen molar-refractivity contribution in [2.45, 2.75) is 45.2 Å². The topological polar surface area (TPSA) is 81.9 Å². The molecule has 3 N–H and O–H groups in total. The van der Waals surface area contributed by atoms with Gasteiger partial charge in [-0.05, 0) is 62.2 Å². The van der Waals surface area contributed by atoms with Gasteiger partial charge < -0.3 is 20.4 Å². The van der Waals surface area contributed by atoms with Crippen LogP contribution in [-0.4, -0.2) is 50.0 Å². The molecule has 8 heteroatoms. The van der Waals surface area contributed by atoms with E-state index in [1.54, 1.807) is 13.3 Å². The molecular formula is C24H36IN5O2. The zero-order valence-electron chi connectivity index (χ0n) is 19.1. The van der Waals surface area contributed by atoms with Crippen LogP contribution in [0.3, 0.4) is 0 Å². The lowest BCUT2D eigenvalue weighted by Crippen LogP contribution is -2.42. The lowest BCUT2D eigenvalue weighted by atomic mass is 10.1. The van der Waals surface area contributed by atoms with Crippen molar-refractivity contribution in [2.24, 2.45) is 4.99 Å². The Morgan fingerprint density at radius 1 is 1.12 bits per heavy atom. The van der Waals surface area contributed by atoms with Crippen LogP contribution in [0.2, 0.25) is 0 Å². The largest absolute Gasteiger partial charge is 0.468 e. The number of unbranched alkanes of at least 4 members (excludes halogenated alkanes) is 1. The maximum Gasteiger partial charge on any atom is 0.251 e. The van der Waals surface area contributed by atoms with Crippen molar-refractivity contribution in [3.8, 4) is 0 Å². The summed E-state index contributed by atoms with van der Waals surface area (Å²) in [6, 6.07) is 11.9. The molecule has 2 aromatic rings. The highest BCUT2D eigenvalue weighted by Crippen LogP contribution is 2.24. The molecule has 1 aromatic carbocycles. The molecule has 3 rings (SSSR count). The molecule has 2 heterocycles. The van der Waals surface area contributed by atoms with E-state index in [1.165, 1.54) is 12.8 Å². The van der Waals surface area contributed by atoms with Crippen LogP contribution in [0.25, 0.3) is 0 Å². The number of benzene rings is 1. The van der Waals surface area contributed by atoms with Crippen molar-refractivity contribution in [3.05, 3.63) is 59.5 Å². The summed E-state index contributed by atoms with van der Waals surface area (Å²) in [4.78, 5) is 18.9. The van der Waals surface area contributed by atoms with Gasteiger partial charge in [-0.2, -0.15) is 0 Å². The standard InChI is InChI=1S/C24H35N5O2.HI/c1-3-4-13-26-23(30)20-11-9-19(10-12-20)17-27-24(25-2)28-18-21(22-8-7-16-31-22)29-14-5-6-15-29;/h7-12,16,21H,3-6,13-15,17-18H2,1-2H3,(H,26,30)(H2,25,27,28);1H. The van der Waals surface area contributed by atoms with Crippen molar-refractivity contribution < 1.29 is 9.21 Å². The van der Waals surface area contributed by atoms with E-state index in [0.717, 1.165) is 56.3 Å². The molecule has 0 radical (unpaired) electrons. The van der Waals surface area contributed by atoms with E-state index >= 15 is 0 Å². The number of carbonyl (C=O) groups excluding carboxylic acids is 1. The van der Waals surface area contributed by atoms with E-state index in [2.05, 4.69) is 32.8 Å². The third-order valence-electron chi connectivity index (χ3n) is 5.63. The number of likely N-dealkylation sites (tertiary alicyclic amines) is 1. The van der Waals surface area contributed by atoms with Gasteiger partial charge in [0, 0.05) is 32.2 Å². The second-order valence-corrected chi connectivity index (χ2v) is 7.89. The average molecular weight is 553 g/mol. The van der Waals surface area contributed by atoms with Gasteiger partial charge in [-0.3, -0.25) is 14.7 Å². The first kappa shape index (κ1) is 26.2. The smallest absolute Gasteiger partial charge is 0.251 e. The van der Waals surface area contributed by atoms with Crippen molar-refractivity contribution in [1.29, 1.82) is 0 Å². The Morgan fingerprint density at radius 3 is 2.50 bits per heavy atom. The number of furan rings is 1. The highest BCUT2D eigenvalue weighted by Gasteiger charge is 2.25. The summed E-state index contributed by atoms with van der Waals surface area (Å²) in [6.07, 6.45) is 6.27. The van der Waals surface area contributed by atoms with Gasteiger partial charge in [-0.15, -0.1) is 24.0 Å². The van der Waals surface area contributed by atoms with Crippen molar-refractivity contribution in [2.75, 3.05) is 33.2 Å². The molecule has 0 spiro atoms. The van der Waals surface area contributed by atoms with Crippen LogP contribution in [0.5, 0.6) is 0 Å². The number of carbonyl (C=O) groups is 1. The Hall–Kier alpha value is -2.07. The lowest BCUT2D eigenvalue weighted by molar-refractivity contribution is 0.0953. The molecule has 1 aromatic heterocycles. The van der Waals surface area contributed by atoms with Crippen LogP contribution < -0.4 is 16.0 Å².